The third-order valence-electron chi connectivity index (χ3n) is 9.68. The van der Waals surface area contributed by atoms with Gasteiger partial charge in [0.2, 0.25) is 0 Å². The van der Waals surface area contributed by atoms with Crippen molar-refractivity contribution in [3.05, 3.63) is 40.8 Å². The quantitative estimate of drug-likeness (QED) is 0.437. The maximum absolute atomic E-state index is 16.5. The Hall–Kier alpha value is -2.62. The van der Waals surface area contributed by atoms with Gasteiger partial charge in [-0.25, -0.2) is 8.78 Å². The van der Waals surface area contributed by atoms with Gasteiger partial charge in [0.15, 0.2) is 5.82 Å². The van der Waals surface area contributed by atoms with Crippen molar-refractivity contribution in [3.8, 4) is 17.3 Å². The fraction of sp³-hybridized carbons (Fsp3) is 0.567. The van der Waals surface area contributed by atoms with Gasteiger partial charge in [0.25, 0.3) is 0 Å². The zero-order valence-electron chi connectivity index (χ0n) is 22.4. The van der Waals surface area contributed by atoms with E-state index in [1.165, 1.54) is 0 Å². The predicted octanol–water partition coefficient (Wildman–Crippen LogP) is 5.26. The van der Waals surface area contributed by atoms with E-state index in [-0.39, 0.29) is 22.8 Å². The number of nitrogens with one attached hydrogen (secondary N) is 1. The van der Waals surface area contributed by atoms with Gasteiger partial charge in [-0.05, 0) is 62.6 Å². The molecule has 1 aliphatic carbocycles. The van der Waals surface area contributed by atoms with Crippen molar-refractivity contribution in [1.29, 1.82) is 0 Å². The number of hydrogen-bond acceptors (Lipinski definition) is 7. The van der Waals surface area contributed by atoms with Crippen molar-refractivity contribution < 1.29 is 13.5 Å². The van der Waals surface area contributed by atoms with E-state index >= 15 is 4.39 Å². The number of halogens is 3. The first-order chi connectivity index (χ1) is 19.5. The first kappa shape index (κ1) is 25.1. The molecule has 5 aliphatic rings. The monoisotopic (exact) mass is 566 g/mol. The minimum Gasteiger partial charge on any atom is -0.461 e. The molecule has 210 valence electrons. The molecule has 4 saturated heterocycles. The van der Waals surface area contributed by atoms with E-state index in [1.807, 2.05) is 18.2 Å². The van der Waals surface area contributed by atoms with E-state index in [9.17, 15) is 4.39 Å². The summed E-state index contributed by atoms with van der Waals surface area (Å²) in [7, 11) is 0. The Bertz CT molecular complexity index is 1470. The Kier molecular flexibility index (Phi) is 5.94. The number of benzene rings is 1. The Morgan fingerprint density at radius 2 is 1.93 bits per heavy atom. The molecule has 1 N–H and O–H groups in total. The number of nitrogens with zero attached hydrogens (tertiary/aromatic N) is 5. The van der Waals surface area contributed by atoms with Gasteiger partial charge >= 0.3 is 6.01 Å². The molecule has 7 nitrogen and oxygen atoms in total. The number of anilines is 1. The first-order valence-corrected chi connectivity index (χ1v) is 15.0. The smallest absolute Gasteiger partial charge is 0.319 e. The van der Waals surface area contributed by atoms with Crippen molar-refractivity contribution in [3.63, 3.8) is 0 Å². The molecule has 0 spiro atoms. The molecule has 2 unspecified atom stereocenters. The minimum absolute atomic E-state index is 0.140. The highest BCUT2D eigenvalue weighted by Crippen LogP contribution is 2.48. The second-order valence-electron chi connectivity index (χ2n) is 12.4. The molecule has 8 rings (SSSR count). The van der Waals surface area contributed by atoms with Crippen LogP contribution >= 0.6 is 11.6 Å². The summed E-state index contributed by atoms with van der Waals surface area (Å²) in [5.41, 5.74) is 1.80. The number of aromatic nitrogens is 3. The van der Waals surface area contributed by atoms with Crippen molar-refractivity contribution in [1.82, 2.24) is 25.2 Å². The van der Waals surface area contributed by atoms with E-state index < -0.39 is 12.0 Å². The predicted molar refractivity (Wildman–Crippen MR) is 150 cm³/mol. The summed E-state index contributed by atoms with van der Waals surface area (Å²) in [4.78, 5) is 18.6. The van der Waals surface area contributed by atoms with Crippen LogP contribution in [-0.2, 0) is 0 Å². The zero-order valence-corrected chi connectivity index (χ0v) is 23.1. The van der Waals surface area contributed by atoms with E-state index in [0.29, 0.717) is 53.8 Å². The van der Waals surface area contributed by atoms with Crippen LogP contribution in [0.4, 0.5) is 14.6 Å². The molecule has 0 amide bonds. The lowest BCUT2D eigenvalue weighted by Gasteiger charge is -2.34. The van der Waals surface area contributed by atoms with Crippen molar-refractivity contribution >= 4 is 28.3 Å². The highest BCUT2D eigenvalue weighted by Gasteiger charge is 2.49. The summed E-state index contributed by atoms with van der Waals surface area (Å²) in [5.74, 6) is 0.496. The Balaban J connectivity index is 1.22. The molecule has 2 aromatic heterocycles. The lowest BCUT2D eigenvalue weighted by molar-refractivity contribution is 0.107. The van der Waals surface area contributed by atoms with Gasteiger partial charge in [0, 0.05) is 54.9 Å². The Morgan fingerprint density at radius 1 is 1.10 bits per heavy atom. The van der Waals surface area contributed by atoms with Crippen LogP contribution in [0.25, 0.3) is 22.2 Å². The number of pyridine rings is 1. The first-order valence-electron chi connectivity index (χ1n) is 14.7. The van der Waals surface area contributed by atoms with Gasteiger partial charge in [0.1, 0.15) is 29.8 Å². The van der Waals surface area contributed by atoms with Gasteiger partial charge in [-0.15, -0.1) is 0 Å². The number of ether oxygens (including phenoxy) is 1. The highest BCUT2D eigenvalue weighted by molar-refractivity contribution is 6.31. The maximum atomic E-state index is 16.5. The van der Waals surface area contributed by atoms with Crippen LogP contribution in [0.1, 0.15) is 56.4 Å². The zero-order chi connectivity index (χ0) is 27.0. The molecule has 4 atom stereocenters. The van der Waals surface area contributed by atoms with Crippen LogP contribution in [0.5, 0.6) is 6.01 Å². The van der Waals surface area contributed by atoms with Crippen LogP contribution in [0.3, 0.4) is 0 Å². The Morgan fingerprint density at radius 3 is 2.73 bits per heavy atom. The van der Waals surface area contributed by atoms with Crippen LogP contribution in [0.2, 0.25) is 5.02 Å². The van der Waals surface area contributed by atoms with E-state index in [1.54, 1.807) is 6.20 Å². The van der Waals surface area contributed by atoms with Gasteiger partial charge in [0.05, 0.1) is 10.9 Å². The molecule has 2 bridgehead atoms. The molecule has 6 heterocycles. The molecule has 10 heteroatoms. The molecule has 1 aromatic carbocycles. The lowest BCUT2D eigenvalue weighted by Crippen LogP contribution is -2.51. The molecule has 3 aromatic rings. The van der Waals surface area contributed by atoms with E-state index in [0.717, 1.165) is 69.3 Å². The van der Waals surface area contributed by atoms with Gasteiger partial charge in [-0.3, -0.25) is 9.88 Å². The SMILES string of the molecule is Fc1c(-c2cccc(Cl)c2C2CC2)ncc2c(N3C[C@H]4CC[C@@H](C3)N4)nc(OCC34CCCN3CC(F)C4)nc12. The van der Waals surface area contributed by atoms with Crippen molar-refractivity contribution in [2.75, 3.05) is 37.7 Å². The fourth-order valence-electron chi connectivity index (χ4n) is 7.66. The number of piperazine rings is 1. The third-order valence-corrected chi connectivity index (χ3v) is 10.0. The van der Waals surface area contributed by atoms with E-state index in [2.05, 4.69) is 25.1 Å². The second kappa shape index (κ2) is 9.46. The van der Waals surface area contributed by atoms with Crippen LogP contribution in [0.15, 0.2) is 24.4 Å². The second-order valence-corrected chi connectivity index (χ2v) is 12.8. The largest absolute Gasteiger partial charge is 0.461 e. The number of rotatable bonds is 6. The summed E-state index contributed by atoms with van der Waals surface area (Å²) in [6.07, 6.45) is 7.54. The molecular weight excluding hydrogens is 534 g/mol. The van der Waals surface area contributed by atoms with Gasteiger partial charge in [-0.1, -0.05) is 23.7 Å². The maximum Gasteiger partial charge on any atom is 0.319 e. The number of hydrogen-bond donors (Lipinski definition) is 1. The summed E-state index contributed by atoms with van der Waals surface area (Å²) in [6, 6.07) is 6.50. The van der Waals surface area contributed by atoms with E-state index in [4.69, 9.17) is 21.3 Å². The summed E-state index contributed by atoms with van der Waals surface area (Å²) < 4.78 is 37.2. The summed E-state index contributed by atoms with van der Waals surface area (Å²) in [6.45, 7) is 3.19. The number of alkyl halides is 1. The number of fused-ring (bicyclic) bond motifs is 4. The lowest BCUT2D eigenvalue weighted by atomic mass is 9.95. The fourth-order valence-corrected chi connectivity index (χ4v) is 7.99. The summed E-state index contributed by atoms with van der Waals surface area (Å²) in [5, 5.41) is 4.88. The van der Waals surface area contributed by atoms with Crippen LogP contribution < -0.4 is 15.0 Å². The highest BCUT2D eigenvalue weighted by atomic mass is 35.5. The van der Waals surface area contributed by atoms with Gasteiger partial charge < -0.3 is 15.0 Å². The molecule has 4 aliphatic heterocycles. The molecule has 40 heavy (non-hydrogen) atoms. The molecule has 1 saturated carbocycles. The molecule has 0 radical (unpaired) electrons. The Labute approximate surface area is 237 Å². The van der Waals surface area contributed by atoms with Crippen LogP contribution in [-0.4, -0.2) is 76.4 Å². The normalized spacial score (nSPS) is 29.9. The third kappa shape index (κ3) is 4.15. The van der Waals surface area contributed by atoms with Gasteiger partial charge in [-0.2, -0.15) is 9.97 Å². The standard InChI is InChI=1S/C30H33ClF2N6O/c31-23-4-1-3-21(24(23)17-5-6-17)26-25(33)27-22(12-34-26)28(38-14-19-7-8-20(15-38)35-19)37-29(36-27)40-16-30-9-2-10-39(30)13-18(32)11-30/h1,3-4,12,17-20,35H,2,5-11,13-16H2/t18?,19-,20+,30?. The van der Waals surface area contributed by atoms with Crippen molar-refractivity contribution in [2.45, 2.75) is 74.7 Å². The molecule has 5 fully saturated rings. The van der Waals surface area contributed by atoms with Crippen molar-refractivity contribution in [2.24, 2.45) is 0 Å². The van der Waals surface area contributed by atoms with Crippen LogP contribution in [0, 0.1) is 5.82 Å². The average molecular weight is 567 g/mol. The summed E-state index contributed by atoms with van der Waals surface area (Å²) >= 11 is 6.59. The minimum atomic E-state index is -0.849. The molecular formula is C30H33ClF2N6O. The average Bonchev–Trinajstić information content (AvgIpc) is 3.52. The topological polar surface area (TPSA) is 66.4 Å².